The summed E-state index contributed by atoms with van der Waals surface area (Å²) in [4.78, 5) is 10.3. The Morgan fingerprint density at radius 3 is 2.60 bits per heavy atom. The van der Waals surface area contributed by atoms with Gasteiger partial charge in [-0.2, -0.15) is 0 Å². The average Bonchev–Trinajstić information content (AvgIpc) is 2.43. The maximum absolute atomic E-state index is 13.4. The van der Waals surface area contributed by atoms with Gasteiger partial charge in [-0.25, -0.2) is 4.39 Å². The first-order valence-corrected chi connectivity index (χ1v) is 6.73. The molecule has 0 radical (unpaired) electrons. The molecule has 1 aromatic rings. The third-order valence-corrected chi connectivity index (χ3v) is 3.78. The summed E-state index contributed by atoms with van der Waals surface area (Å²) in [6, 6.07) is 2.29. The molecule has 0 saturated heterocycles. The molecule has 1 aliphatic rings. The highest BCUT2D eigenvalue weighted by molar-refractivity contribution is 5.49. The molecule has 1 aromatic carbocycles. The van der Waals surface area contributed by atoms with Crippen LogP contribution in [0.1, 0.15) is 31.2 Å². The zero-order valence-electron chi connectivity index (χ0n) is 11.3. The Hall–Kier alpha value is -1.69. The quantitative estimate of drug-likeness (QED) is 0.681. The van der Waals surface area contributed by atoms with Crippen LogP contribution in [0.15, 0.2) is 12.1 Å². The Morgan fingerprint density at radius 2 is 2.05 bits per heavy atom. The van der Waals surface area contributed by atoms with Crippen LogP contribution in [0.25, 0.3) is 0 Å². The zero-order valence-corrected chi connectivity index (χ0v) is 11.3. The molecule has 1 N–H and O–H groups in total. The fourth-order valence-electron chi connectivity index (χ4n) is 2.49. The van der Waals surface area contributed by atoms with Gasteiger partial charge in [-0.15, -0.1) is 0 Å². The van der Waals surface area contributed by atoms with E-state index in [4.69, 9.17) is 9.84 Å². The first-order chi connectivity index (χ1) is 9.51. The molecule has 0 unspecified atom stereocenters. The van der Waals surface area contributed by atoms with E-state index in [0.29, 0.717) is 11.5 Å². The summed E-state index contributed by atoms with van der Waals surface area (Å²) in [7, 11) is 0. The monoisotopic (exact) mass is 283 g/mol. The van der Waals surface area contributed by atoms with E-state index in [-0.39, 0.29) is 24.1 Å². The normalized spacial score (nSPS) is 22.6. The molecule has 0 bridgehead atoms. The zero-order chi connectivity index (χ0) is 14.7. The number of nitro groups is 1. The Kier molecular flexibility index (Phi) is 4.54. The van der Waals surface area contributed by atoms with Gasteiger partial charge in [0, 0.05) is 6.61 Å². The molecule has 1 fully saturated rings. The van der Waals surface area contributed by atoms with Gasteiger partial charge in [-0.05, 0) is 50.2 Å². The van der Waals surface area contributed by atoms with E-state index in [1.807, 2.05) is 0 Å². The highest BCUT2D eigenvalue weighted by Gasteiger charge is 2.25. The first kappa shape index (κ1) is 14.7. The number of nitrogens with zero attached hydrogens (tertiary/aromatic N) is 1. The lowest BCUT2D eigenvalue weighted by molar-refractivity contribution is -0.386. The van der Waals surface area contributed by atoms with Gasteiger partial charge in [-0.1, -0.05) is 0 Å². The second-order valence-electron chi connectivity index (χ2n) is 5.27. The molecule has 1 saturated carbocycles. The molecule has 0 amide bonds. The Labute approximate surface area is 116 Å². The molecule has 1 aliphatic carbocycles. The smallest absolute Gasteiger partial charge is 0.313 e. The molecule has 6 heteroatoms. The highest BCUT2D eigenvalue weighted by Crippen LogP contribution is 2.34. The van der Waals surface area contributed by atoms with E-state index in [1.54, 1.807) is 6.92 Å². The molecule has 0 aromatic heterocycles. The lowest BCUT2D eigenvalue weighted by Gasteiger charge is -2.27. The average molecular weight is 283 g/mol. The Bertz CT molecular complexity index is 498. The lowest BCUT2D eigenvalue weighted by atomic mass is 9.88. The van der Waals surface area contributed by atoms with Crippen LogP contribution in [0.5, 0.6) is 5.75 Å². The number of halogens is 1. The minimum absolute atomic E-state index is 0.110. The number of aliphatic hydroxyl groups excluding tert-OH is 1. The van der Waals surface area contributed by atoms with Crippen LogP contribution in [0.3, 0.4) is 0 Å². The van der Waals surface area contributed by atoms with Gasteiger partial charge in [-0.3, -0.25) is 10.1 Å². The number of aryl methyl sites for hydroxylation is 1. The van der Waals surface area contributed by atoms with Gasteiger partial charge in [0.15, 0.2) is 5.75 Å². The largest absolute Gasteiger partial charge is 0.483 e. The van der Waals surface area contributed by atoms with E-state index in [1.165, 1.54) is 6.07 Å². The summed E-state index contributed by atoms with van der Waals surface area (Å²) in [5, 5.41) is 20.0. The first-order valence-electron chi connectivity index (χ1n) is 6.73. The van der Waals surface area contributed by atoms with Crippen molar-refractivity contribution in [2.45, 2.75) is 38.7 Å². The van der Waals surface area contributed by atoms with E-state index < -0.39 is 10.7 Å². The molecule has 0 aliphatic heterocycles. The third-order valence-electron chi connectivity index (χ3n) is 3.78. The maximum Gasteiger partial charge on any atom is 0.313 e. The fraction of sp³-hybridized carbons (Fsp3) is 0.571. The number of hydrogen-bond donors (Lipinski definition) is 1. The van der Waals surface area contributed by atoms with E-state index in [0.717, 1.165) is 31.7 Å². The molecular formula is C14H18FNO4. The Balaban J connectivity index is 2.13. The maximum atomic E-state index is 13.4. The van der Waals surface area contributed by atoms with Gasteiger partial charge in [0.2, 0.25) is 0 Å². The van der Waals surface area contributed by atoms with Crippen molar-refractivity contribution in [1.29, 1.82) is 0 Å². The summed E-state index contributed by atoms with van der Waals surface area (Å²) in [6.07, 6.45) is 3.07. The van der Waals surface area contributed by atoms with Crippen LogP contribution in [-0.4, -0.2) is 22.7 Å². The topological polar surface area (TPSA) is 72.6 Å². The van der Waals surface area contributed by atoms with Gasteiger partial charge < -0.3 is 9.84 Å². The summed E-state index contributed by atoms with van der Waals surface area (Å²) in [5.74, 6) is -0.186. The SMILES string of the molecule is Cc1cc(OC2CCC(CO)CC2)c([N+](=O)[O-])cc1F. The predicted octanol–water partition coefficient (Wildman–Crippen LogP) is 2.97. The summed E-state index contributed by atoms with van der Waals surface area (Å²) in [5.41, 5.74) is -0.00738. The number of benzene rings is 1. The Morgan fingerprint density at radius 1 is 1.40 bits per heavy atom. The molecule has 0 spiro atoms. The molecule has 0 heterocycles. The predicted molar refractivity (Wildman–Crippen MR) is 71.3 cm³/mol. The summed E-state index contributed by atoms with van der Waals surface area (Å²) in [6.45, 7) is 1.72. The van der Waals surface area contributed by atoms with Crippen LogP contribution in [0.4, 0.5) is 10.1 Å². The van der Waals surface area contributed by atoms with Gasteiger partial charge in [0.1, 0.15) is 5.82 Å². The second-order valence-corrected chi connectivity index (χ2v) is 5.27. The van der Waals surface area contributed by atoms with Crippen molar-refractivity contribution < 1.29 is 19.2 Å². The van der Waals surface area contributed by atoms with E-state index in [9.17, 15) is 14.5 Å². The number of ether oxygens (including phenoxy) is 1. The van der Waals surface area contributed by atoms with Crippen LogP contribution >= 0.6 is 0 Å². The number of aliphatic hydroxyl groups is 1. The van der Waals surface area contributed by atoms with Gasteiger partial charge in [0.05, 0.1) is 17.1 Å². The second kappa shape index (κ2) is 6.17. The number of hydrogen-bond acceptors (Lipinski definition) is 4. The van der Waals surface area contributed by atoms with E-state index in [2.05, 4.69) is 0 Å². The van der Waals surface area contributed by atoms with Crippen molar-refractivity contribution in [3.63, 3.8) is 0 Å². The minimum atomic E-state index is -0.628. The van der Waals surface area contributed by atoms with Gasteiger partial charge >= 0.3 is 5.69 Å². The van der Waals surface area contributed by atoms with E-state index >= 15 is 0 Å². The van der Waals surface area contributed by atoms with Crippen molar-refractivity contribution >= 4 is 5.69 Å². The lowest BCUT2D eigenvalue weighted by Crippen LogP contribution is -2.25. The van der Waals surface area contributed by atoms with Crippen LogP contribution in [-0.2, 0) is 0 Å². The summed E-state index contributed by atoms with van der Waals surface area (Å²) >= 11 is 0. The molecule has 110 valence electrons. The van der Waals surface area contributed by atoms with Crippen LogP contribution in [0.2, 0.25) is 0 Å². The molecule has 20 heavy (non-hydrogen) atoms. The van der Waals surface area contributed by atoms with Crippen LogP contribution in [0, 0.1) is 28.8 Å². The number of rotatable bonds is 4. The van der Waals surface area contributed by atoms with Crippen LogP contribution < -0.4 is 4.74 Å². The van der Waals surface area contributed by atoms with Crippen molar-refractivity contribution in [3.05, 3.63) is 33.6 Å². The molecule has 5 nitrogen and oxygen atoms in total. The van der Waals surface area contributed by atoms with Crippen molar-refractivity contribution in [1.82, 2.24) is 0 Å². The number of nitro benzene ring substituents is 1. The highest BCUT2D eigenvalue weighted by atomic mass is 19.1. The minimum Gasteiger partial charge on any atom is -0.483 e. The molecular weight excluding hydrogens is 265 g/mol. The standard InChI is InChI=1S/C14H18FNO4/c1-9-6-14(13(16(18)19)7-12(9)15)20-11-4-2-10(8-17)3-5-11/h6-7,10-11,17H,2-5,8H2,1H3. The summed E-state index contributed by atoms with van der Waals surface area (Å²) < 4.78 is 19.1. The van der Waals surface area contributed by atoms with Crippen molar-refractivity contribution in [2.24, 2.45) is 5.92 Å². The fourth-order valence-corrected chi connectivity index (χ4v) is 2.49. The van der Waals surface area contributed by atoms with Gasteiger partial charge in [0.25, 0.3) is 0 Å². The van der Waals surface area contributed by atoms with Crippen molar-refractivity contribution in [2.75, 3.05) is 6.61 Å². The van der Waals surface area contributed by atoms with Crippen molar-refractivity contribution in [3.8, 4) is 5.75 Å². The molecule has 2 rings (SSSR count). The third kappa shape index (κ3) is 3.25. The molecule has 0 atom stereocenters.